The Balaban J connectivity index is 1.72. The fourth-order valence-corrected chi connectivity index (χ4v) is 3.18. The molecule has 0 bridgehead atoms. The normalized spacial score (nSPS) is 13.1. The van der Waals surface area contributed by atoms with E-state index in [0.29, 0.717) is 23.3 Å². The summed E-state index contributed by atoms with van der Waals surface area (Å²) in [6.07, 6.45) is -8.78. The summed E-state index contributed by atoms with van der Waals surface area (Å²) in [6, 6.07) is 4.24. The number of alkyl halides is 6. The van der Waals surface area contributed by atoms with Crippen molar-refractivity contribution in [3.63, 3.8) is 0 Å². The van der Waals surface area contributed by atoms with Crippen LogP contribution >= 0.6 is 0 Å². The number of benzene rings is 1. The van der Waals surface area contributed by atoms with Gasteiger partial charge in [0.2, 0.25) is 0 Å². The van der Waals surface area contributed by atoms with Crippen LogP contribution in [0.2, 0.25) is 0 Å². The van der Waals surface area contributed by atoms with E-state index in [1.807, 2.05) is 6.07 Å². The van der Waals surface area contributed by atoms with E-state index in [1.54, 1.807) is 13.8 Å². The maximum atomic E-state index is 13.4. The number of hydrogen-bond acceptors (Lipinski definition) is 7. The second-order valence-corrected chi connectivity index (χ2v) is 7.20. The van der Waals surface area contributed by atoms with Crippen molar-refractivity contribution in [3.8, 4) is 11.9 Å². The summed E-state index contributed by atoms with van der Waals surface area (Å²) in [5.74, 6) is 0.931. The van der Waals surface area contributed by atoms with E-state index >= 15 is 0 Å². The number of aromatic nitrogens is 5. The van der Waals surface area contributed by atoms with Crippen LogP contribution in [0.1, 0.15) is 41.3 Å². The van der Waals surface area contributed by atoms with Crippen molar-refractivity contribution in [1.82, 2.24) is 24.7 Å². The van der Waals surface area contributed by atoms with E-state index in [9.17, 15) is 26.3 Å². The number of oxazole rings is 1. The van der Waals surface area contributed by atoms with Crippen molar-refractivity contribution >= 4 is 17.1 Å². The van der Waals surface area contributed by atoms with Gasteiger partial charge in [0.1, 0.15) is 23.0 Å². The summed E-state index contributed by atoms with van der Waals surface area (Å²) in [5.41, 5.74) is -4.21. The highest BCUT2D eigenvalue weighted by Crippen LogP contribution is 2.41. The molecular weight excluding hydrogens is 468 g/mol. The molecule has 0 amide bonds. The molecule has 0 radical (unpaired) electrons. The number of aryl methyl sites for hydroxylation is 1. The Bertz CT molecular complexity index is 1400. The van der Waals surface area contributed by atoms with Crippen molar-refractivity contribution in [2.24, 2.45) is 0 Å². The van der Waals surface area contributed by atoms with Crippen molar-refractivity contribution in [2.45, 2.75) is 32.2 Å². The maximum Gasteiger partial charge on any atom is 0.420 e. The SMILES string of the molecule is Cc1nc(C(C)Nc2nc3cc(C(F)(F)F)cc(C(F)(F)F)c3o2)n(-c2ccc(C#N)cn2)n1. The average Bonchev–Trinajstić information content (AvgIpc) is 3.34. The van der Waals surface area contributed by atoms with Crippen molar-refractivity contribution in [2.75, 3.05) is 5.32 Å². The highest BCUT2D eigenvalue weighted by atomic mass is 19.4. The van der Waals surface area contributed by atoms with E-state index in [-0.39, 0.29) is 11.9 Å². The van der Waals surface area contributed by atoms with E-state index in [0.717, 1.165) is 0 Å². The number of rotatable bonds is 4. The highest BCUT2D eigenvalue weighted by molar-refractivity contribution is 5.80. The fraction of sp³-hybridized carbons (Fsp3) is 0.250. The van der Waals surface area contributed by atoms with Crippen molar-refractivity contribution in [1.29, 1.82) is 5.26 Å². The number of hydrogen-bond donors (Lipinski definition) is 1. The van der Waals surface area contributed by atoms with Crippen molar-refractivity contribution < 1.29 is 30.8 Å². The topological polar surface area (TPSA) is 105 Å². The van der Waals surface area contributed by atoms with Gasteiger partial charge in [0, 0.05) is 6.20 Å². The summed E-state index contributed by atoms with van der Waals surface area (Å²) in [7, 11) is 0. The minimum Gasteiger partial charge on any atom is -0.423 e. The Labute approximate surface area is 186 Å². The first-order valence-electron chi connectivity index (χ1n) is 9.52. The van der Waals surface area contributed by atoms with Crippen LogP contribution in [0, 0.1) is 18.3 Å². The number of anilines is 1. The standard InChI is InChI=1S/C20H13F6N7O/c1-9(17-30-10(2)32-33(17)15-4-3-11(7-27)8-28-15)29-18-31-14-6-12(19(21,22)23)5-13(16(14)34-18)20(24,25)26/h3-6,8-9H,1-2H3,(H,29,31). The van der Waals surface area contributed by atoms with Gasteiger partial charge in [0.05, 0.1) is 17.2 Å². The van der Waals surface area contributed by atoms with E-state index in [4.69, 9.17) is 9.68 Å². The molecule has 1 aromatic carbocycles. The molecule has 1 atom stereocenters. The summed E-state index contributed by atoms with van der Waals surface area (Å²) in [5, 5.41) is 15.8. The quantitative estimate of drug-likeness (QED) is 0.400. The molecule has 176 valence electrons. The predicted molar refractivity (Wildman–Crippen MR) is 105 cm³/mol. The second kappa shape index (κ2) is 8.01. The second-order valence-electron chi connectivity index (χ2n) is 7.20. The third-order valence-electron chi connectivity index (χ3n) is 4.68. The lowest BCUT2D eigenvalue weighted by Crippen LogP contribution is -2.14. The molecule has 0 fully saturated rings. The molecule has 14 heteroatoms. The van der Waals surface area contributed by atoms with Crippen LogP contribution < -0.4 is 5.32 Å². The van der Waals surface area contributed by atoms with Gasteiger partial charge in [-0.3, -0.25) is 0 Å². The number of pyridine rings is 1. The number of nitrogens with zero attached hydrogens (tertiary/aromatic N) is 6. The van der Waals surface area contributed by atoms with Gasteiger partial charge in [-0.1, -0.05) is 0 Å². The highest BCUT2D eigenvalue weighted by Gasteiger charge is 2.40. The number of nitrogens with one attached hydrogen (secondary N) is 1. The molecule has 4 aromatic rings. The van der Waals surface area contributed by atoms with Gasteiger partial charge in [-0.25, -0.2) is 9.97 Å². The lowest BCUT2D eigenvalue weighted by atomic mass is 10.1. The fourth-order valence-electron chi connectivity index (χ4n) is 3.18. The van der Waals surface area contributed by atoms with Gasteiger partial charge in [-0.2, -0.15) is 41.3 Å². The zero-order valence-electron chi connectivity index (χ0n) is 17.3. The zero-order chi connectivity index (χ0) is 24.8. The van der Waals surface area contributed by atoms with Crippen LogP contribution in [0.5, 0.6) is 0 Å². The zero-order valence-corrected chi connectivity index (χ0v) is 17.3. The summed E-state index contributed by atoms with van der Waals surface area (Å²) in [6.45, 7) is 3.17. The molecule has 0 saturated heterocycles. The molecule has 3 heterocycles. The Kier molecular flexibility index (Phi) is 5.42. The van der Waals surface area contributed by atoms with Gasteiger partial charge >= 0.3 is 12.4 Å². The molecule has 0 aliphatic carbocycles. The molecule has 1 unspecified atom stereocenters. The number of halogens is 6. The van der Waals surface area contributed by atoms with Gasteiger partial charge < -0.3 is 9.73 Å². The van der Waals surface area contributed by atoms with E-state index < -0.39 is 46.6 Å². The third kappa shape index (κ3) is 4.36. The largest absolute Gasteiger partial charge is 0.423 e. The van der Waals surface area contributed by atoms with E-state index in [1.165, 1.54) is 23.0 Å². The summed E-state index contributed by atoms with van der Waals surface area (Å²) in [4.78, 5) is 12.2. The smallest absolute Gasteiger partial charge is 0.420 e. The van der Waals surface area contributed by atoms with Gasteiger partial charge in [-0.15, -0.1) is 5.10 Å². The molecule has 8 nitrogen and oxygen atoms in total. The number of fused-ring (bicyclic) bond motifs is 1. The third-order valence-corrected chi connectivity index (χ3v) is 4.68. The van der Waals surface area contributed by atoms with Crippen LogP contribution in [-0.2, 0) is 12.4 Å². The monoisotopic (exact) mass is 481 g/mol. The lowest BCUT2D eigenvalue weighted by Gasteiger charge is -2.12. The Morgan fingerprint density at radius 3 is 2.41 bits per heavy atom. The molecule has 34 heavy (non-hydrogen) atoms. The van der Waals surface area contributed by atoms with Gasteiger partial charge in [0.25, 0.3) is 6.01 Å². The Morgan fingerprint density at radius 1 is 1.09 bits per heavy atom. The molecule has 0 aliphatic heterocycles. The first kappa shape index (κ1) is 23.0. The minimum absolute atomic E-state index is 0.0166. The minimum atomic E-state index is -5.10. The lowest BCUT2D eigenvalue weighted by molar-refractivity contribution is -0.142. The van der Waals surface area contributed by atoms with Crippen LogP contribution in [0.3, 0.4) is 0 Å². The van der Waals surface area contributed by atoms with Gasteiger partial charge in [0.15, 0.2) is 17.2 Å². The first-order chi connectivity index (χ1) is 15.9. The van der Waals surface area contributed by atoms with Crippen molar-refractivity contribution in [3.05, 3.63) is 58.8 Å². The maximum absolute atomic E-state index is 13.4. The first-order valence-corrected chi connectivity index (χ1v) is 9.52. The molecule has 0 saturated carbocycles. The van der Waals surface area contributed by atoms with Crippen LogP contribution in [0.25, 0.3) is 16.9 Å². The Morgan fingerprint density at radius 2 is 1.82 bits per heavy atom. The molecule has 3 aromatic heterocycles. The molecule has 1 N–H and O–H groups in total. The average molecular weight is 481 g/mol. The molecule has 0 aliphatic rings. The van der Waals surface area contributed by atoms with Gasteiger partial charge in [-0.05, 0) is 38.1 Å². The van der Waals surface area contributed by atoms with E-state index in [2.05, 4.69) is 25.4 Å². The molecule has 0 spiro atoms. The van der Waals surface area contributed by atoms with Crippen LogP contribution in [0.15, 0.2) is 34.9 Å². The molecular formula is C20H13F6N7O. The molecule has 4 rings (SSSR count). The Hall–Kier alpha value is -4.15. The van der Waals surface area contributed by atoms with Crippen LogP contribution in [0.4, 0.5) is 32.4 Å². The predicted octanol–water partition coefficient (Wildman–Crippen LogP) is 5.19. The number of nitriles is 1. The summed E-state index contributed by atoms with van der Waals surface area (Å²) < 4.78 is 86.0. The summed E-state index contributed by atoms with van der Waals surface area (Å²) >= 11 is 0. The van der Waals surface area contributed by atoms with Crippen LogP contribution in [-0.4, -0.2) is 24.7 Å².